The number of unbranched alkanes of at least 4 members (excludes halogenated alkanes) is 6. The highest BCUT2D eigenvalue weighted by atomic mass is 28.3. The Morgan fingerprint density at radius 1 is 0.688 bits per heavy atom. The number of rotatable bonds is 11. The van der Waals surface area contributed by atoms with Gasteiger partial charge in [0.25, 0.3) is 0 Å². The summed E-state index contributed by atoms with van der Waals surface area (Å²) in [5.41, 5.74) is 0. The van der Waals surface area contributed by atoms with E-state index in [2.05, 4.69) is 33.7 Å². The van der Waals surface area contributed by atoms with Gasteiger partial charge in [0.1, 0.15) is 0 Å². The van der Waals surface area contributed by atoms with Gasteiger partial charge in [-0.2, -0.15) is 0 Å². The molecule has 0 aromatic carbocycles. The Bertz CT molecular complexity index is 130. The predicted octanol–water partition coefficient (Wildman–Crippen LogP) is 5.99. The lowest BCUT2D eigenvalue weighted by atomic mass is 10.1. The van der Waals surface area contributed by atoms with Gasteiger partial charge in [-0.15, -0.1) is 0 Å². The maximum Gasteiger partial charge on any atom is 0.0558 e. The molecule has 0 atom stereocenters. The molecule has 0 unspecified atom stereocenters. The molecule has 0 aliphatic carbocycles. The molecule has 0 bridgehead atoms. The van der Waals surface area contributed by atoms with Crippen LogP contribution in [0.25, 0.3) is 0 Å². The molecule has 0 aliphatic heterocycles. The topological polar surface area (TPSA) is 0 Å². The number of hydrogen-bond donors (Lipinski definition) is 0. The third-order valence-corrected chi connectivity index (χ3v) is 9.63. The third-order valence-electron chi connectivity index (χ3n) is 4.25. The molecule has 1 radical (unpaired) electrons. The first-order valence-electron chi connectivity index (χ1n) is 7.59. The summed E-state index contributed by atoms with van der Waals surface area (Å²) in [6, 6.07) is 7.12. The van der Waals surface area contributed by atoms with Crippen molar-refractivity contribution in [1.82, 2.24) is 0 Å². The van der Waals surface area contributed by atoms with E-state index in [0.717, 1.165) is 0 Å². The summed E-state index contributed by atoms with van der Waals surface area (Å²) in [5.74, 6) is 0. The summed E-state index contributed by atoms with van der Waals surface area (Å²) >= 11 is 0. The molecule has 0 N–H and O–H groups in total. The second-order valence-electron chi connectivity index (χ2n) is 5.18. The van der Waals surface area contributed by atoms with Gasteiger partial charge in [-0.25, -0.2) is 0 Å². The normalized spacial score (nSPS) is 12.0. The summed E-state index contributed by atoms with van der Waals surface area (Å²) in [7, 11) is -0.918. The highest BCUT2D eigenvalue weighted by Crippen LogP contribution is 2.25. The summed E-state index contributed by atoms with van der Waals surface area (Å²) < 4.78 is 0. The highest BCUT2D eigenvalue weighted by molar-refractivity contribution is 6.82. The fourth-order valence-electron chi connectivity index (χ4n) is 2.52. The minimum absolute atomic E-state index is 0.918. The quantitative estimate of drug-likeness (QED) is 0.308. The van der Waals surface area contributed by atoms with Gasteiger partial charge in [-0.1, -0.05) is 90.8 Å². The molecule has 0 aliphatic rings. The summed E-state index contributed by atoms with van der Waals surface area (Å²) in [5, 5.41) is 0. The average molecular weight is 242 g/mol. The van der Waals surface area contributed by atoms with E-state index in [1.54, 1.807) is 0 Å². The zero-order chi connectivity index (χ0) is 12.3. The van der Waals surface area contributed by atoms with E-state index in [9.17, 15) is 0 Å². The Labute approximate surface area is 105 Å². The lowest BCUT2D eigenvalue weighted by Gasteiger charge is -2.27. The number of hydrogen-bond acceptors (Lipinski definition) is 0. The minimum Gasteiger partial charge on any atom is -0.0678 e. The molecule has 0 saturated heterocycles. The Morgan fingerprint density at radius 3 is 1.69 bits per heavy atom. The van der Waals surface area contributed by atoms with E-state index in [0.29, 0.717) is 0 Å². The van der Waals surface area contributed by atoms with Gasteiger partial charge in [-0.05, 0) is 6.04 Å². The summed E-state index contributed by atoms with van der Waals surface area (Å²) in [6.45, 7) is 9.49. The van der Waals surface area contributed by atoms with E-state index >= 15 is 0 Å². The predicted molar refractivity (Wildman–Crippen MR) is 79.5 cm³/mol. The van der Waals surface area contributed by atoms with Gasteiger partial charge in [-0.3, -0.25) is 0 Å². The Kier molecular flexibility index (Phi) is 10.5. The fraction of sp³-hybridized carbons (Fsp3) is 0.933. The second-order valence-corrected chi connectivity index (χ2v) is 10.4. The van der Waals surface area contributed by atoms with Crippen molar-refractivity contribution in [2.24, 2.45) is 0 Å². The first-order valence-corrected chi connectivity index (χ1v) is 10.3. The average Bonchev–Trinajstić information content (AvgIpc) is 2.34. The van der Waals surface area contributed by atoms with Crippen LogP contribution in [0.3, 0.4) is 0 Å². The van der Waals surface area contributed by atoms with Gasteiger partial charge in [0, 0.05) is 0 Å². The maximum atomic E-state index is 2.76. The van der Waals surface area contributed by atoms with E-state index in [1.807, 2.05) is 0 Å². The third kappa shape index (κ3) is 6.73. The molecule has 0 rings (SSSR count). The van der Waals surface area contributed by atoms with Crippen LogP contribution in [0.4, 0.5) is 0 Å². The summed E-state index contributed by atoms with van der Waals surface area (Å²) in [4.78, 5) is 0. The fourth-order valence-corrected chi connectivity index (χ4v) is 5.70. The molecule has 0 aromatic rings. The largest absolute Gasteiger partial charge is 0.0678 e. The van der Waals surface area contributed by atoms with Crippen molar-refractivity contribution in [2.45, 2.75) is 90.8 Å². The van der Waals surface area contributed by atoms with Crippen LogP contribution < -0.4 is 0 Å². The van der Waals surface area contributed by atoms with Crippen LogP contribution >= 0.6 is 0 Å². The minimum atomic E-state index is -0.918. The SMILES string of the molecule is CCCCCCCC[CH][Si](CC)(CC)CC. The summed E-state index contributed by atoms with van der Waals surface area (Å²) in [6.07, 6.45) is 10.0. The molecule has 97 valence electrons. The van der Waals surface area contributed by atoms with Crippen LogP contribution in [0.2, 0.25) is 18.1 Å². The molecule has 1 heteroatoms. The van der Waals surface area contributed by atoms with Crippen LogP contribution in [0.15, 0.2) is 0 Å². The molecule has 0 fully saturated rings. The van der Waals surface area contributed by atoms with Gasteiger partial charge in [0.2, 0.25) is 0 Å². The standard InChI is InChI=1S/C15H33Si/c1-5-9-10-11-12-13-14-15-16(6-2,7-3)8-4/h15H,5-14H2,1-4H3. The van der Waals surface area contributed by atoms with Crippen molar-refractivity contribution in [3.63, 3.8) is 0 Å². The zero-order valence-corrected chi connectivity index (χ0v) is 13.1. The molecule has 0 amide bonds. The van der Waals surface area contributed by atoms with Gasteiger partial charge in [0.05, 0.1) is 8.07 Å². The van der Waals surface area contributed by atoms with E-state index in [1.165, 1.54) is 63.1 Å². The van der Waals surface area contributed by atoms with Crippen molar-refractivity contribution >= 4 is 8.07 Å². The first kappa shape index (κ1) is 16.2. The second kappa shape index (κ2) is 10.4. The molecule has 0 saturated carbocycles. The first-order chi connectivity index (χ1) is 7.74. The molecular weight excluding hydrogens is 208 g/mol. The van der Waals surface area contributed by atoms with E-state index < -0.39 is 8.07 Å². The van der Waals surface area contributed by atoms with Crippen LogP contribution in [0, 0.1) is 6.04 Å². The molecule has 0 spiro atoms. The Balaban J connectivity index is 3.48. The smallest absolute Gasteiger partial charge is 0.0558 e. The van der Waals surface area contributed by atoms with Crippen LogP contribution in [0.5, 0.6) is 0 Å². The lowest BCUT2D eigenvalue weighted by Crippen LogP contribution is -2.32. The van der Waals surface area contributed by atoms with Gasteiger partial charge in [0.15, 0.2) is 0 Å². The Morgan fingerprint density at radius 2 is 1.19 bits per heavy atom. The van der Waals surface area contributed by atoms with Crippen LogP contribution in [-0.4, -0.2) is 8.07 Å². The van der Waals surface area contributed by atoms with Crippen molar-refractivity contribution < 1.29 is 0 Å². The molecule has 0 aromatic heterocycles. The molecule has 0 nitrogen and oxygen atoms in total. The van der Waals surface area contributed by atoms with Crippen molar-refractivity contribution in [3.8, 4) is 0 Å². The van der Waals surface area contributed by atoms with Gasteiger partial charge >= 0.3 is 0 Å². The van der Waals surface area contributed by atoms with Crippen molar-refractivity contribution in [1.29, 1.82) is 0 Å². The monoisotopic (exact) mass is 241 g/mol. The molecule has 16 heavy (non-hydrogen) atoms. The van der Waals surface area contributed by atoms with Gasteiger partial charge < -0.3 is 0 Å². The van der Waals surface area contributed by atoms with Crippen molar-refractivity contribution in [3.05, 3.63) is 6.04 Å². The van der Waals surface area contributed by atoms with Crippen molar-refractivity contribution in [2.75, 3.05) is 0 Å². The van der Waals surface area contributed by atoms with Crippen LogP contribution in [-0.2, 0) is 0 Å². The zero-order valence-electron chi connectivity index (χ0n) is 12.1. The molecule has 0 heterocycles. The maximum absolute atomic E-state index is 2.76. The van der Waals surface area contributed by atoms with Crippen LogP contribution in [0.1, 0.15) is 72.6 Å². The lowest BCUT2D eigenvalue weighted by molar-refractivity contribution is 0.608. The molecular formula is C15H33Si. The van der Waals surface area contributed by atoms with E-state index in [4.69, 9.17) is 0 Å². The van der Waals surface area contributed by atoms with E-state index in [-0.39, 0.29) is 0 Å². The highest BCUT2D eigenvalue weighted by Gasteiger charge is 2.25. The Hall–Kier alpha value is 0.217.